The maximum atomic E-state index is 12.2. The number of nitrogens with one attached hydrogen (secondary N) is 1. The van der Waals surface area contributed by atoms with E-state index in [0.717, 1.165) is 13.4 Å². The van der Waals surface area contributed by atoms with Crippen LogP contribution in [0.2, 0.25) is 0 Å². The van der Waals surface area contributed by atoms with E-state index in [0.29, 0.717) is 16.9 Å². The van der Waals surface area contributed by atoms with Crippen molar-refractivity contribution in [2.45, 2.75) is 0 Å². The van der Waals surface area contributed by atoms with Crippen molar-refractivity contribution in [3.63, 3.8) is 0 Å². The van der Waals surface area contributed by atoms with Gasteiger partial charge >= 0.3 is 0 Å². The molecule has 0 radical (unpaired) electrons. The smallest absolute Gasteiger partial charge is 0.255 e. The number of nitrogens with two attached hydrogens (primary N) is 1. The monoisotopic (exact) mass is 446 g/mol. The van der Waals surface area contributed by atoms with Gasteiger partial charge < -0.3 is 11.1 Å². The molecule has 0 heterocycles. The largest absolute Gasteiger partial charge is 0.399 e. The summed E-state index contributed by atoms with van der Waals surface area (Å²) in [6.45, 7) is 0. The van der Waals surface area contributed by atoms with E-state index < -0.39 is 0 Å². The van der Waals surface area contributed by atoms with Gasteiger partial charge in [-0.1, -0.05) is 22.0 Å². The van der Waals surface area contributed by atoms with Crippen molar-refractivity contribution in [1.82, 2.24) is 0 Å². The summed E-state index contributed by atoms with van der Waals surface area (Å²) in [5.74, 6) is -0.222. The number of anilines is 2. The number of benzene rings is 2. The van der Waals surface area contributed by atoms with Crippen molar-refractivity contribution >= 4 is 65.1 Å². The minimum absolute atomic E-state index is 0.222. The number of rotatable bonds is 2. The predicted octanol–water partition coefficient (Wildman–Crippen LogP) is 4.81. The molecule has 1 amide bonds. The van der Waals surface area contributed by atoms with Gasteiger partial charge in [0.2, 0.25) is 0 Å². The molecule has 3 N–H and O–H groups in total. The number of hydrogen-bond donors (Lipinski definition) is 2. The molecule has 0 bridgehead atoms. The molecule has 98 valence electrons. The Balaban J connectivity index is 2.31. The predicted molar refractivity (Wildman–Crippen MR) is 88.3 cm³/mol. The number of para-hydroxylation sites is 1. The first-order valence-electron chi connectivity index (χ1n) is 5.29. The van der Waals surface area contributed by atoms with Crippen LogP contribution in [-0.4, -0.2) is 5.91 Å². The van der Waals surface area contributed by atoms with E-state index in [1.807, 2.05) is 18.2 Å². The number of halogens is 3. The highest BCUT2D eigenvalue weighted by atomic mass is 79.9. The highest BCUT2D eigenvalue weighted by Crippen LogP contribution is 2.31. The summed E-state index contributed by atoms with van der Waals surface area (Å²) >= 11 is 10.1. The van der Waals surface area contributed by atoms with Crippen molar-refractivity contribution in [1.29, 1.82) is 0 Å². The first-order valence-corrected chi connectivity index (χ1v) is 7.66. The summed E-state index contributed by atoms with van der Waals surface area (Å²) in [6, 6.07) is 10.7. The maximum absolute atomic E-state index is 12.2. The second-order valence-electron chi connectivity index (χ2n) is 3.82. The van der Waals surface area contributed by atoms with E-state index >= 15 is 0 Å². The zero-order valence-corrected chi connectivity index (χ0v) is 14.3. The fourth-order valence-electron chi connectivity index (χ4n) is 1.55. The third-order valence-corrected chi connectivity index (χ3v) is 4.16. The molecule has 0 saturated heterocycles. The number of carbonyl (C=O) groups excluding carboxylic acids is 1. The minimum atomic E-state index is -0.222. The van der Waals surface area contributed by atoms with E-state index in [1.54, 1.807) is 18.2 Å². The van der Waals surface area contributed by atoms with E-state index in [1.165, 1.54) is 0 Å². The molecule has 19 heavy (non-hydrogen) atoms. The standard InChI is InChI=1S/C13H9Br3N2O/c14-8-4-7(5-9(17)6-8)13(19)18-12-10(15)2-1-3-11(12)16/h1-6H,17H2,(H,18,19). The Morgan fingerprint density at radius 1 is 1.05 bits per heavy atom. The molecule has 2 aromatic rings. The molecule has 0 unspecified atom stereocenters. The van der Waals surface area contributed by atoms with Gasteiger partial charge in [-0.15, -0.1) is 0 Å². The lowest BCUT2D eigenvalue weighted by molar-refractivity contribution is 0.102. The van der Waals surface area contributed by atoms with Gasteiger partial charge in [-0.2, -0.15) is 0 Å². The Hall–Kier alpha value is -0.850. The Bertz CT molecular complexity index is 603. The highest BCUT2D eigenvalue weighted by molar-refractivity contribution is 9.11. The van der Waals surface area contributed by atoms with Crippen LogP contribution in [0.5, 0.6) is 0 Å². The van der Waals surface area contributed by atoms with Gasteiger partial charge in [0.15, 0.2) is 0 Å². The van der Waals surface area contributed by atoms with Crippen molar-refractivity contribution in [3.8, 4) is 0 Å². The van der Waals surface area contributed by atoms with Crippen molar-refractivity contribution < 1.29 is 4.79 Å². The second-order valence-corrected chi connectivity index (χ2v) is 6.45. The average Bonchev–Trinajstić information content (AvgIpc) is 2.32. The molecule has 0 aromatic heterocycles. The molecule has 2 aromatic carbocycles. The fourth-order valence-corrected chi connectivity index (χ4v) is 3.25. The van der Waals surface area contributed by atoms with Gasteiger partial charge in [0.05, 0.1) is 5.69 Å². The first-order chi connectivity index (χ1) is 8.97. The van der Waals surface area contributed by atoms with E-state index in [4.69, 9.17) is 5.73 Å². The zero-order valence-electron chi connectivity index (χ0n) is 9.58. The molecule has 0 atom stereocenters. The van der Waals surface area contributed by atoms with Crippen LogP contribution >= 0.6 is 47.8 Å². The molecule has 3 nitrogen and oxygen atoms in total. The topological polar surface area (TPSA) is 55.1 Å². The summed E-state index contributed by atoms with van der Waals surface area (Å²) in [6.07, 6.45) is 0. The minimum Gasteiger partial charge on any atom is -0.399 e. The van der Waals surface area contributed by atoms with Crippen molar-refractivity contribution in [2.24, 2.45) is 0 Å². The summed E-state index contributed by atoms with van der Waals surface area (Å²) in [5, 5.41) is 2.84. The Morgan fingerprint density at radius 2 is 1.68 bits per heavy atom. The van der Waals surface area contributed by atoms with Gasteiger partial charge in [0, 0.05) is 24.7 Å². The molecule has 2 rings (SSSR count). The molecule has 0 spiro atoms. The molecular formula is C13H9Br3N2O. The molecule has 0 fully saturated rings. The zero-order chi connectivity index (χ0) is 14.0. The summed E-state index contributed by atoms with van der Waals surface area (Å²) in [7, 11) is 0. The van der Waals surface area contributed by atoms with E-state index in [-0.39, 0.29) is 5.91 Å². The Morgan fingerprint density at radius 3 is 2.26 bits per heavy atom. The summed E-state index contributed by atoms with van der Waals surface area (Å²) in [5.41, 5.74) is 7.44. The van der Waals surface area contributed by atoms with Crippen LogP contribution in [-0.2, 0) is 0 Å². The average molecular weight is 449 g/mol. The van der Waals surface area contributed by atoms with Gasteiger partial charge in [0.25, 0.3) is 5.91 Å². The van der Waals surface area contributed by atoms with E-state index in [9.17, 15) is 4.79 Å². The van der Waals surface area contributed by atoms with Crippen LogP contribution in [0, 0.1) is 0 Å². The van der Waals surface area contributed by atoms with Crippen LogP contribution in [0.15, 0.2) is 49.8 Å². The lowest BCUT2D eigenvalue weighted by atomic mass is 10.2. The highest BCUT2D eigenvalue weighted by Gasteiger charge is 2.11. The second kappa shape index (κ2) is 6.07. The SMILES string of the molecule is Nc1cc(Br)cc(C(=O)Nc2c(Br)cccc2Br)c1. The van der Waals surface area contributed by atoms with Gasteiger partial charge in [-0.3, -0.25) is 4.79 Å². The Labute approximate surface area is 136 Å². The van der Waals surface area contributed by atoms with Crippen LogP contribution in [0.25, 0.3) is 0 Å². The third-order valence-electron chi connectivity index (χ3n) is 2.38. The molecule has 0 saturated carbocycles. The summed E-state index contributed by atoms with van der Waals surface area (Å²) < 4.78 is 2.38. The lowest BCUT2D eigenvalue weighted by Gasteiger charge is -2.10. The van der Waals surface area contributed by atoms with Crippen LogP contribution in [0.1, 0.15) is 10.4 Å². The van der Waals surface area contributed by atoms with Gasteiger partial charge in [-0.25, -0.2) is 0 Å². The third kappa shape index (κ3) is 3.58. The molecular weight excluding hydrogens is 440 g/mol. The molecule has 0 aliphatic carbocycles. The normalized spacial score (nSPS) is 10.3. The van der Waals surface area contributed by atoms with Crippen molar-refractivity contribution in [3.05, 3.63) is 55.4 Å². The number of amides is 1. The molecule has 6 heteroatoms. The molecule has 0 aliphatic heterocycles. The van der Waals surface area contributed by atoms with Crippen LogP contribution < -0.4 is 11.1 Å². The Kier molecular flexibility index (Phi) is 4.65. The fraction of sp³-hybridized carbons (Fsp3) is 0. The first kappa shape index (κ1) is 14.6. The quantitative estimate of drug-likeness (QED) is 0.648. The maximum Gasteiger partial charge on any atom is 0.255 e. The number of hydrogen-bond acceptors (Lipinski definition) is 2. The van der Waals surface area contributed by atoms with Crippen LogP contribution in [0.4, 0.5) is 11.4 Å². The number of nitrogen functional groups attached to an aromatic ring is 1. The lowest BCUT2D eigenvalue weighted by Crippen LogP contribution is -2.13. The van der Waals surface area contributed by atoms with Gasteiger partial charge in [-0.05, 0) is 62.2 Å². The summed E-state index contributed by atoms with van der Waals surface area (Å²) in [4.78, 5) is 12.2. The van der Waals surface area contributed by atoms with E-state index in [2.05, 4.69) is 53.1 Å². The van der Waals surface area contributed by atoms with Crippen LogP contribution in [0.3, 0.4) is 0 Å². The van der Waals surface area contributed by atoms with Crippen molar-refractivity contribution in [2.75, 3.05) is 11.1 Å². The van der Waals surface area contributed by atoms with Gasteiger partial charge in [0.1, 0.15) is 0 Å². The molecule has 0 aliphatic rings. The number of carbonyl (C=O) groups is 1.